The monoisotopic (exact) mass is 152 g/mol. The highest BCUT2D eigenvalue weighted by atomic mass is 15.2. The van der Waals surface area contributed by atoms with E-state index in [1.807, 2.05) is 0 Å². The lowest BCUT2D eigenvalue weighted by atomic mass is 10.3. The van der Waals surface area contributed by atoms with E-state index in [4.69, 9.17) is 6.42 Å². The van der Waals surface area contributed by atoms with Gasteiger partial charge in [-0.2, -0.15) is 0 Å². The molecule has 0 aromatic heterocycles. The SMILES string of the molecule is C#CC(C)N1CCCNCC1. The first-order valence-electron chi connectivity index (χ1n) is 4.25. The smallest absolute Gasteiger partial charge is 0.0683 e. The Morgan fingerprint density at radius 2 is 2.27 bits per heavy atom. The maximum atomic E-state index is 5.34. The number of hydrogen-bond acceptors (Lipinski definition) is 2. The van der Waals surface area contributed by atoms with E-state index >= 15 is 0 Å². The van der Waals surface area contributed by atoms with Crippen molar-refractivity contribution >= 4 is 0 Å². The van der Waals surface area contributed by atoms with Gasteiger partial charge < -0.3 is 5.32 Å². The predicted molar refractivity (Wildman–Crippen MR) is 47.4 cm³/mol. The lowest BCUT2D eigenvalue weighted by Crippen LogP contribution is -2.34. The van der Waals surface area contributed by atoms with Crippen molar-refractivity contribution in [3.63, 3.8) is 0 Å². The summed E-state index contributed by atoms with van der Waals surface area (Å²) in [5.41, 5.74) is 0. The molecule has 0 aromatic rings. The van der Waals surface area contributed by atoms with E-state index in [0.717, 1.165) is 26.2 Å². The van der Waals surface area contributed by atoms with Crippen molar-refractivity contribution in [2.75, 3.05) is 26.2 Å². The van der Waals surface area contributed by atoms with Crippen LogP contribution in [0.5, 0.6) is 0 Å². The molecule has 62 valence electrons. The molecule has 1 saturated heterocycles. The molecule has 0 saturated carbocycles. The van der Waals surface area contributed by atoms with Crippen molar-refractivity contribution in [3.8, 4) is 12.3 Å². The Morgan fingerprint density at radius 1 is 1.45 bits per heavy atom. The lowest BCUT2D eigenvalue weighted by Gasteiger charge is -2.22. The van der Waals surface area contributed by atoms with Crippen LogP contribution in [0.1, 0.15) is 13.3 Å². The van der Waals surface area contributed by atoms with Crippen molar-refractivity contribution in [3.05, 3.63) is 0 Å². The third-order valence-electron chi connectivity index (χ3n) is 2.16. The molecule has 0 spiro atoms. The van der Waals surface area contributed by atoms with Gasteiger partial charge in [0.1, 0.15) is 0 Å². The number of hydrogen-bond donors (Lipinski definition) is 1. The minimum absolute atomic E-state index is 0.301. The largest absolute Gasteiger partial charge is 0.315 e. The molecule has 1 rings (SSSR count). The first kappa shape index (κ1) is 8.58. The summed E-state index contributed by atoms with van der Waals surface area (Å²) in [5.74, 6) is 2.76. The second-order valence-electron chi connectivity index (χ2n) is 2.98. The molecule has 0 amide bonds. The normalized spacial score (nSPS) is 23.6. The number of nitrogens with one attached hydrogen (secondary N) is 1. The van der Waals surface area contributed by atoms with E-state index in [0.29, 0.717) is 6.04 Å². The van der Waals surface area contributed by atoms with E-state index in [2.05, 4.69) is 23.1 Å². The predicted octanol–water partition coefficient (Wildman–Crippen LogP) is 0.303. The Bertz CT molecular complexity index is 140. The highest BCUT2D eigenvalue weighted by Crippen LogP contribution is 2.00. The Kier molecular flexibility index (Phi) is 3.41. The summed E-state index contributed by atoms with van der Waals surface area (Å²) in [6, 6.07) is 0.301. The fourth-order valence-electron chi connectivity index (χ4n) is 1.36. The minimum Gasteiger partial charge on any atom is -0.315 e. The van der Waals surface area contributed by atoms with E-state index in [-0.39, 0.29) is 0 Å². The second kappa shape index (κ2) is 4.38. The highest BCUT2D eigenvalue weighted by Gasteiger charge is 2.12. The molecule has 0 aliphatic carbocycles. The first-order valence-corrected chi connectivity index (χ1v) is 4.25. The Hall–Kier alpha value is -0.520. The van der Waals surface area contributed by atoms with Gasteiger partial charge in [-0.05, 0) is 19.9 Å². The molecule has 11 heavy (non-hydrogen) atoms. The molecule has 0 aromatic carbocycles. The Balaban J connectivity index is 2.37. The Morgan fingerprint density at radius 3 is 3.00 bits per heavy atom. The van der Waals surface area contributed by atoms with Gasteiger partial charge in [0.2, 0.25) is 0 Å². The Labute approximate surface area is 69.0 Å². The van der Waals surface area contributed by atoms with Gasteiger partial charge in [0.25, 0.3) is 0 Å². The van der Waals surface area contributed by atoms with Gasteiger partial charge in [0.15, 0.2) is 0 Å². The highest BCUT2D eigenvalue weighted by molar-refractivity contribution is 4.97. The van der Waals surface area contributed by atoms with Crippen LogP contribution in [0.15, 0.2) is 0 Å². The fourth-order valence-corrected chi connectivity index (χ4v) is 1.36. The topological polar surface area (TPSA) is 15.3 Å². The van der Waals surface area contributed by atoms with Crippen LogP contribution in [0.3, 0.4) is 0 Å². The maximum absolute atomic E-state index is 5.34. The molecular formula is C9H16N2. The summed E-state index contributed by atoms with van der Waals surface area (Å²) in [6.45, 7) is 6.52. The zero-order valence-electron chi connectivity index (χ0n) is 7.14. The molecule has 1 heterocycles. The molecule has 2 heteroatoms. The third kappa shape index (κ3) is 2.53. The summed E-state index contributed by atoms with van der Waals surface area (Å²) in [5, 5.41) is 3.35. The summed E-state index contributed by atoms with van der Waals surface area (Å²) in [6.07, 6.45) is 6.56. The van der Waals surface area contributed by atoms with Crippen LogP contribution in [0.25, 0.3) is 0 Å². The van der Waals surface area contributed by atoms with Crippen molar-refractivity contribution < 1.29 is 0 Å². The minimum atomic E-state index is 0.301. The number of terminal acetylenes is 1. The average molecular weight is 152 g/mol. The maximum Gasteiger partial charge on any atom is 0.0683 e. The van der Waals surface area contributed by atoms with Crippen LogP contribution in [0.2, 0.25) is 0 Å². The molecule has 2 nitrogen and oxygen atoms in total. The van der Waals surface area contributed by atoms with Crippen LogP contribution < -0.4 is 5.32 Å². The van der Waals surface area contributed by atoms with Gasteiger partial charge in [0, 0.05) is 19.6 Å². The van der Waals surface area contributed by atoms with Crippen molar-refractivity contribution in [2.45, 2.75) is 19.4 Å². The molecule has 0 radical (unpaired) electrons. The van der Waals surface area contributed by atoms with Gasteiger partial charge in [0.05, 0.1) is 6.04 Å². The average Bonchev–Trinajstić information content (AvgIpc) is 2.30. The van der Waals surface area contributed by atoms with Gasteiger partial charge in [-0.3, -0.25) is 4.90 Å². The quantitative estimate of drug-likeness (QED) is 0.544. The zero-order chi connectivity index (χ0) is 8.10. The first-order chi connectivity index (χ1) is 5.34. The zero-order valence-corrected chi connectivity index (χ0v) is 7.14. The molecule has 1 fully saturated rings. The molecule has 1 aliphatic heterocycles. The second-order valence-corrected chi connectivity index (χ2v) is 2.98. The van der Waals surface area contributed by atoms with Crippen LogP contribution in [0.4, 0.5) is 0 Å². The summed E-state index contributed by atoms with van der Waals surface area (Å²) >= 11 is 0. The molecule has 0 bridgehead atoms. The van der Waals surface area contributed by atoms with E-state index in [9.17, 15) is 0 Å². The van der Waals surface area contributed by atoms with Gasteiger partial charge in [-0.15, -0.1) is 6.42 Å². The summed E-state index contributed by atoms with van der Waals surface area (Å²) < 4.78 is 0. The summed E-state index contributed by atoms with van der Waals surface area (Å²) in [7, 11) is 0. The molecule has 1 N–H and O–H groups in total. The number of nitrogens with zero attached hydrogens (tertiary/aromatic N) is 1. The molecule has 1 aliphatic rings. The van der Waals surface area contributed by atoms with Crippen LogP contribution >= 0.6 is 0 Å². The molecule has 1 unspecified atom stereocenters. The van der Waals surface area contributed by atoms with E-state index in [1.54, 1.807) is 0 Å². The van der Waals surface area contributed by atoms with E-state index < -0.39 is 0 Å². The van der Waals surface area contributed by atoms with Crippen molar-refractivity contribution in [1.29, 1.82) is 0 Å². The molecule has 1 atom stereocenters. The van der Waals surface area contributed by atoms with E-state index in [1.165, 1.54) is 6.42 Å². The van der Waals surface area contributed by atoms with Gasteiger partial charge in [-0.1, -0.05) is 5.92 Å². The van der Waals surface area contributed by atoms with Crippen LogP contribution in [0, 0.1) is 12.3 Å². The lowest BCUT2D eigenvalue weighted by molar-refractivity contribution is 0.265. The fraction of sp³-hybridized carbons (Fsp3) is 0.778. The van der Waals surface area contributed by atoms with Gasteiger partial charge in [-0.25, -0.2) is 0 Å². The van der Waals surface area contributed by atoms with Crippen LogP contribution in [-0.2, 0) is 0 Å². The van der Waals surface area contributed by atoms with Crippen molar-refractivity contribution in [2.24, 2.45) is 0 Å². The molecular weight excluding hydrogens is 136 g/mol. The number of rotatable bonds is 1. The van der Waals surface area contributed by atoms with Crippen LogP contribution in [-0.4, -0.2) is 37.1 Å². The third-order valence-corrected chi connectivity index (χ3v) is 2.16. The summed E-state index contributed by atoms with van der Waals surface area (Å²) in [4.78, 5) is 2.35. The van der Waals surface area contributed by atoms with Crippen molar-refractivity contribution in [1.82, 2.24) is 10.2 Å². The standard InChI is InChI=1S/C9H16N2/c1-3-9(2)11-7-4-5-10-6-8-11/h1,9-10H,4-8H2,2H3. The van der Waals surface area contributed by atoms with Gasteiger partial charge >= 0.3 is 0 Å².